The SMILES string of the molecule is CCOC(=O)c1nn(-c2cccc(Br)c2)c2c1CN(c1nccs1)CC2. The molecule has 6 nitrogen and oxygen atoms in total. The number of esters is 1. The molecule has 2 aromatic heterocycles. The second-order valence-corrected chi connectivity index (χ2v) is 7.66. The summed E-state index contributed by atoms with van der Waals surface area (Å²) in [4.78, 5) is 19.1. The second-order valence-electron chi connectivity index (χ2n) is 5.87. The average Bonchev–Trinajstić information content (AvgIpc) is 3.29. The van der Waals surface area contributed by atoms with Crippen LogP contribution in [0.15, 0.2) is 40.3 Å². The van der Waals surface area contributed by atoms with Crippen LogP contribution < -0.4 is 4.90 Å². The van der Waals surface area contributed by atoms with Gasteiger partial charge in [-0.05, 0) is 25.1 Å². The van der Waals surface area contributed by atoms with Gasteiger partial charge in [-0.3, -0.25) is 0 Å². The molecule has 1 aliphatic rings. The van der Waals surface area contributed by atoms with Gasteiger partial charge in [0.15, 0.2) is 10.8 Å². The van der Waals surface area contributed by atoms with E-state index >= 15 is 0 Å². The maximum absolute atomic E-state index is 12.5. The highest BCUT2D eigenvalue weighted by Crippen LogP contribution is 2.30. The van der Waals surface area contributed by atoms with Gasteiger partial charge in [0.1, 0.15) is 0 Å². The van der Waals surface area contributed by atoms with Crippen LogP contribution in [0.3, 0.4) is 0 Å². The van der Waals surface area contributed by atoms with Crippen molar-refractivity contribution in [1.82, 2.24) is 14.8 Å². The lowest BCUT2D eigenvalue weighted by Crippen LogP contribution is -2.31. The Labute approximate surface area is 163 Å². The number of thiazole rings is 1. The van der Waals surface area contributed by atoms with Gasteiger partial charge in [0.2, 0.25) is 0 Å². The first-order valence-corrected chi connectivity index (χ1v) is 10.0. The quantitative estimate of drug-likeness (QED) is 0.586. The fourth-order valence-corrected chi connectivity index (χ4v) is 4.20. The molecule has 0 saturated carbocycles. The van der Waals surface area contributed by atoms with Crippen LogP contribution in [0, 0.1) is 0 Å². The van der Waals surface area contributed by atoms with E-state index in [1.165, 1.54) is 0 Å². The van der Waals surface area contributed by atoms with Crippen molar-refractivity contribution in [2.75, 3.05) is 18.1 Å². The number of rotatable bonds is 4. The largest absolute Gasteiger partial charge is 0.461 e. The zero-order chi connectivity index (χ0) is 18.1. The van der Waals surface area contributed by atoms with Gasteiger partial charge in [0.25, 0.3) is 0 Å². The van der Waals surface area contributed by atoms with Gasteiger partial charge in [-0.25, -0.2) is 14.5 Å². The first-order chi connectivity index (χ1) is 12.7. The summed E-state index contributed by atoms with van der Waals surface area (Å²) in [7, 11) is 0. The summed E-state index contributed by atoms with van der Waals surface area (Å²) in [6.07, 6.45) is 2.58. The van der Waals surface area contributed by atoms with Gasteiger partial charge >= 0.3 is 5.97 Å². The molecule has 1 aromatic carbocycles. The number of hydrogen-bond acceptors (Lipinski definition) is 6. The third kappa shape index (κ3) is 3.14. The molecule has 0 bridgehead atoms. The summed E-state index contributed by atoms with van der Waals surface area (Å²) < 4.78 is 8.07. The van der Waals surface area contributed by atoms with Crippen LogP contribution in [-0.2, 0) is 17.7 Å². The Morgan fingerprint density at radius 1 is 1.42 bits per heavy atom. The highest BCUT2D eigenvalue weighted by atomic mass is 79.9. The summed E-state index contributed by atoms with van der Waals surface area (Å²) in [6.45, 7) is 3.57. The van der Waals surface area contributed by atoms with Gasteiger partial charge in [-0.1, -0.05) is 22.0 Å². The molecule has 0 amide bonds. The van der Waals surface area contributed by atoms with Crippen molar-refractivity contribution in [2.24, 2.45) is 0 Å². The second kappa shape index (κ2) is 7.20. The molecule has 0 fully saturated rings. The Bertz CT molecular complexity index is 939. The lowest BCUT2D eigenvalue weighted by Gasteiger charge is -2.27. The van der Waals surface area contributed by atoms with Crippen molar-refractivity contribution >= 4 is 38.4 Å². The minimum Gasteiger partial charge on any atom is -0.461 e. The Balaban J connectivity index is 1.79. The van der Waals surface area contributed by atoms with Crippen molar-refractivity contribution in [3.8, 4) is 5.69 Å². The van der Waals surface area contributed by atoms with Crippen molar-refractivity contribution in [3.63, 3.8) is 0 Å². The average molecular weight is 433 g/mol. The molecule has 0 aliphatic carbocycles. The van der Waals surface area contributed by atoms with E-state index in [1.807, 2.05) is 34.3 Å². The fraction of sp³-hybridized carbons (Fsp3) is 0.278. The van der Waals surface area contributed by atoms with Gasteiger partial charge in [-0.2, -0.15) is 5.10 Å². The first-order valence-electron chi connectivity index (χ1n) is 8.35. The third-order valence-electron chi connectivity index (χ3n) is 4.27. The molecule has 4 rings (SSSR count). The third-order valence-corrected chi connectivity index (χ3v) is 5.59. The standard InChI is InChI=1S/C18H17BrN4O2S/c1-2-25-17(24)16-14-11-22(18-20-7-9-26-18)8-6-15(14)23(21-16)13-5-3-4-12(19)10-13/h3-5,7,9-10H,2,6,8,11H2,1H3. The van der Waals surface area contributed by atoms with Gasteiger partial charge in [0, 0.05) is 41.1 Å². The maximum atomic E-state index is 12.5. The number of fused-ring (bicyclic) bond motifs is 1. The highest BCUT2D eigenvalue weighted by molar-refractivity contribution is 9.10. The molecular weight excluding hydrogens is 416 g/mol. The highest BCUT2D eigenvalue weighted by Gasteiger charge is 2.30. The maximum Gasteiger partial charge on any atom is 0.359 e. The number of anilines is 1. The Hall–Kier alpha value is -2.19. The van der Waals surface area contributed by atoms with Crippen LogP contribution in [-0.4, -0.2) is 33.9 Å². The van der Waals surface area contributed by atoms with Crippen molar-refractivity contribution in [3.05, 3.63) is 57.3 Å². The predicted octanol–water partition coefficient (Wildman–Crippen LogP) is 3.83. The molecule has 0 radical (unpaired) electrons. The summed E-state index contributed by atoms with van der Waals surface area (Å²) in [5, 5.41) is 7.53. The molecule has 0 spiro atoms. The molecule has 0 saturated heterocycles. The molecule has 0 unspecified atom stereocenters. The summed E-state index contributed by atoms with van der Waals surface area (Å²) in [5.41, 5.74) is 3.29. The van der Waals surface area contributed by atoms with E-state index in [9.17, 15) is 4.79 Å². The Morgan fingerprint density at radius 2 is 2.31 bits per heavy atom. The van der Waals surface area contributed by atoms with E-state index in [0.29, 0.717) is 18.8 Å². The van der Waals surface area contributed by atoms with Crippen LogP contribution in [0.4, 0.5) is 5.13 Å². The van der Waals surface area contributed by atoms with E-state index in [2.05, 4.69) is 30.9 Å². The summed E-state index contributed by atoms with van der Waals surface area (Å²) in [5.74, 6) is -0.376. The monoisotopic (exact) mass is 432 g/mol. The van der Waals surface area contributed by atoms with Gasteiger partial charge in [-0.15, -0.1) is 11.3 Å². The molecule has 0 N–H and O–H groups in total. The number of benzene rings is 1. The Morgan fingerprint density at radius 3 is 3.04 bits per heavy atom. The van der Waals surface area contributed by atoms with E-state index in [0.717, 1.165) is 39.5 Å². The van der Waals surface area contributed by atoms with Crippen LogP contribution in [0.2, 0.25) is 0 Å². The minimum absolute atomic E-state index is 0.327. The molecule has 1 aliphatic heterocycles. The van der Waals surface area contributed by atoms with Crippen molar-refractivity contribution in [2.45, 2.75) is 19.9 Å². The minimum atomic E-state index is -0.376. The van der Waals surface area contributed by atoms with Crippen molar-refractivity contribution in [1.29, 1.82) is 0 Å². The van der Waals surface area contributed by atoms with Gasteiger partial charge < -0.3 is 9.64 Å². The molecular formula is C18H17BrN4O2S. The van der Waals surface area contributed by atoms with E-state index in [1.54, 1.807) is 24.5 Å². The number of carbonyl (C=O) groups is 1. The summed E-state index contributed by atoms with van der Waals surface area (Å²) in [6, 6.07) is 7.91. The zero-order valence-electron chi connectivity index (χ0n) is 14.2. The van der Waals surface area contributed by atoms with Crippen LogP contribution >= 0.6 is 27.3 Å². The van der Waals surface area contributed by atoms with Gasteiger partial charge in [0.05, 0.1) is 18.0 Å². The number of aromatic nitrogens is 3. The molecule has 8 heteroatoms. The molecule has 26 heavy (non-hydrogen) atoms. The zero-order valence-corrected chi connectivity index (χ0v) is 16.6. The molecule has 0 atom stereocenters. The van der Waals surface area contributed by atoms with E-state index in [4.69, 9.17) is 4.74 Å². The molecule has 3 heterocycles. The number of ether oxygens (including phenoxy) is 1. The lowest BCUT2D eigenvalue weighted by molar-refractivity contribution is 0.0517. The lowest BCUT2D eigenvalue weighted by atomic mass is 10.1. The Kier molecular flexibility index (Phi) is 4.78. The van der Waals surface area contributed by atoms with E-state index in [-0.39, 0.29) is 5.97 Å². The van der Waals surface area contributed by atoms with Crippen LogP contribution in [0.5, 0.6) is 0 Å². The smallest absolute Gasteiger partial charge is 0.359 e. The normalized spacial score (nSPS) is 13.5. The first kappa shape index (κ1) is 17.2. The van der Waals surface area contributed by atoms with Crippen LogP contribution in [0.25, 0.3) is 5.69 Å². The molecule has 134 valence electrons. The number of carbonyl (C=O) groups excluding carboxylic acids is 1. The van der Waals surface area contributed by atoms with E-state index < -0.39 is 0 Å². The topological polar surface area (TPSA) is 60.2 Å². The van der Waals surface area contributed by atoms with Crippen molar-refractivity contribution < 1.29 is 9.53 Å². The predicted molar refractivity (Wildman–Crippen MR) is 104 cm³/mol. The van der Waals surface area contributed by atoms with Crippen LogP contribution in [0.1, 0.15) is 28.7 Å². The number of hydrogen-bond donors (Lipinski definition) is 0. The molecule has 3 aromatic rings. The number of halogens is 1. The number of nitrogens with zero attached hydrogens (tertiary/aromatic N) is 4. The fourth-order valence-electron chi connectivity index (χ4n) is 3.14. The summed E-state index contributed by atoms with van der Waals surface area (Å²) >= 11 is 5.10.